The van der Waals surface area contributed by atoms with Crippen molar-refractivity contribution in [2.45, 2.75) is 105 Å². The SMILES string of the molecule is CC(C)=Cc1cc2c(c(C(C)(C)C)c1)OP(F)Oc1c(cc(C(C)(C)C)cc1C(C)(C)C)C2C. The second-order valence-electron chi connectivity index (χ2n) is 13.0. The number of hydrogen-bond acceptors (Lipinski definition) is 2. The van der Waals surface area contributed by atoms with Gasteiger partial charge in [-0.05, 0) is 53.4 Å². The summed E-state index contributed by atoms with van der Waals surface area (Å²) in [4.78, 5) is 0. The molecule has 2 aromatic carbocycles. The van der Waals surface area contributed by atoms with E-state index in [1.54, 1.807) is 0 Å². The fraction of sp³-hybridized carbons (Fsp3) is 0.533. The van der Waals surface area contributed by atoms with E-state index in [1.165, 1.54) is 11.1 Å². The van der Waals surface area contributed by atoms with E-state index in [9.17, 15) is 0 Å². The molecule has 2 unspecified atom stereocenters. The summed E-state index contributed by atoms with van der Waals surface area (Å²) in [6, 6.07) is 8.72. The van der Waals surface area contributed by atoms with Crippen LogP contribution in [0, 0.1) is 0 Å². The highest BCUT2D eigenvalue weighted by molar-refractivity contribution is 7.42. The van der Waals surface area contributed by atoms with Crippen LogP contribution in [0.1, 0.15) is 122 Å². The van der Waals surface area contributed by atoms with Gasteiger partial charge in [0.05, 0.1) is 0 Å². The maximum atomic E-state index is 15.5. The Kier molecular flexibility index (Phi) is 7.06. The summed E-state index contributed by atoms with van der Waals surface area (Å²) >= 11 is 0. The summed E-state index contributed by atoms with van der Waals surface area (Å²) in [6.45, 7) is 26.0. The number of allylic oxidation sites excluding steroid dienone is 1. The lowest BCUT2D eigenvalue weighted by Gasteiger charge is -2.34. The Labute approximate surface area is 208 Å². The minimum absolute atomic E-state index is 0.0243. The molecule has 0 bridgehead atoms. The lowest BCUT2D eigenvalue weighted by atomic mass is 9.75. The molecule has 1 aliphatic heterocycles. The largest absolute Gasteiger partial charge is 0.505 e. The van der Waals surface area contributed by atoms with E-state index >= 15 is 4.20 Å². The summed E-state index contributed by atoms with van der Waals surface area (Å²) in [7, 11) is -2.63. The molecule has 0 radical (unpaired) electrons. The normalized spacial score (nSPS) is 18.6. The van der Waals surface area contributed by atoms with Crippen molar-refractivity contribution in [3.05, 3.63) is 63.2 Å². The van der Waals surface area contributed by atoms with Gasteiger partial charge in [-0.2, -0.15) is 0 Å². The lowest BCUT2D eigenvalue weighted by Crippen LogP contribution is -2.21. The fourth-order valence-corrected chi connectivity index (χ4v) is 5.20. The third kappa shape index (κ3) is 5.51. The molecule has 2 aromatic rings. The standard InChI is InChI=1S/C30H42FO2P/c1-18(2)13-20-14-22-19(3)23-16-21(28(4,5)6)17-25(30(10,11)12)27(23)33-34(31)32-26(22)24(15-20)29(7,8)9/h13-17,19H,1-12H3. The second kappa shape index (κ2) is 8.98. The first-order valence-corrected chi connectivity index (χ1v) is 13.3. The van der Waals surface area contributed by atoms with Crippen molar-refractivity contribution >= 4 is 14.8 Å². The van der Waals surface area contributed by atoms with Gasteiger partial charge in [-0.1, -0.05) is 93.0 Å². The molecular formula is C30H42FO2P. The molecule has 0 amide bonds. The zero-order chi connectivity index (χ0) is 25.8. The van der Waals surface area contributed by atoms with Gasteiger partial charge < -0.3 is 9.05 Å². The van der Waals surface area contributed by atoms with Crippen LogP contribution in [0.2, 0.25) is 0 Å². The highest BCUT2D eigenvalue weighted by atomic mass is 31.2. The first kappa shape index (κ1) is 26.7. The van der Waals surface area contributed by atoms with Crippen LogP contribution in [0.3, 0.4) is 0 Å². The molecule has 0 fully saturated rings. The number of fused-ring (bicyclic) bond motifs is 2. The quantitative estimate of drug-likeness (QED) is 0.375. The molecule has 0 spiro atoms. The van der Waals surface area contributed by atoms with Crippen molar-refractivity contribution < 1.29 is 13.2 Å². The molecule has 0 saturated carbocycles. The Balaban J connectivity index is 2.43. The molecule has 34 heavy (non-hydrogen) atoms. The summed E-state index contributed by atoms with van der Waals surface area (Å²) < 4.78 is 27.5. The van der Waals surface area contributed by atoms with Gasteiger partial charge in [0.1, 0.15) is 11.5 Å². The highest BCUT2D eigenvalue weighted by Gasteiger charge is 2.36. The van der Waals surface area contributed by atoms with Gasteiger partial charge >= 0.3 is 8.69 Å². The van der Waals surface area contributed by atoms with Crippen molar-refractivity contribution in [2.24, 2.45) is 0 Å². The average molecular weight is 485 g/mol. The maximum Gasteiger partial charge on any atom is 0.505 e. The molecule has 1 heterocycles. The molecule has 2 atom stereocenters. The molecule has 186 valence electrons. The Morgan fingerprint density at radius 3 is 1.68 bits per heavy atom. The first-order chi connectivity index (χ1) is 15.4. The molecule has 4 heteroatoms. The molecule has 3 rings (SSSR count). The summed E-state index contributed by atoms with van der Waals surface area (Å²) in [5, 5.41) is 0. The van der Waals surface area contributed by atoms with Crippen LogP contribution in [0.4, 0.5) is 4.20 Å². The van der Waals surface area contributed by atoms with E-state index in [-0.39, 0.29) is 22.2 Å². The van der Waals surface area contributed by atoms with Crippen LogP contribution in [0.15, 0.2) is 29.8 Å². The minimum atomic E-state index is -2.63. The predicted octanol–water partition coefficient (Wildman–Crippen LogP) is 10.1. The van der Waals surface area contributed by atoms with Gasteiger partial charge in [0.2, 0.25) is 0 Å². The number of rotatable bonds is 1. The Hall–Kier alpha value is -1.86. The Morgan fingerprint density at radius 1 is 0.765 bits per heavy atom. The van der Waals surface area contributed by atoms with E-state index in [1.807, 2.05) is 0 Å². The van der Waals surface area contributed by atoms with Gasteiger partial charge in [-0.15, -0.1) is 4.20 Å². The predicted molar refractivity (Wildman–Crippen MR) is 145 cm³/mol. The molecule has 0 aromatic heterocycles. The van der Waals surface area contributed by atoms with E-state index in [4.69, 9.17) is 9.05 Å². The van der Waals surface area contributed by atoms with Crippen molar-refractivity contribution in [3.8, 4) is 11.5 Å². The van der Waals surface area contributed by atoms with Gasteiger partial charge in [0, 0.05) is 28.2 Å². The lowest BCUT2D eigenvalue weighted by molar-refractivity contribution is 0.406. The van der Waals surface area contributed by atoms with Crippen LogP contribution < -0.4 is 9.05 Å². The smallest absolute Gasteiger partial charge is 0.414 e. The average Bonchev–Trinajstić information content (AvgIpc) is 2.64. The zero-order valence-electron chi connectivity index (χ0n) is 23.1. The van der Waals surface area contributed by atoms with Crippen LogP contribution in [-0.2, 0) is 16.2 Å². The first-order valence-electron chi connectivity index (χ1n) is 12.2. The third-order valence-electron chi connectivity index (χ3n) is 6.45. The van der Waals surface area contributed by atoms with Crippen molar-refractivity contribution in [1.82, 2.24) is 0 Å². The van der Waals surface area contributed by atoms with Crippen molar-refractivity contribution in [1.29, 1.82) is 0 Å². The molecule has 0 aliphatic carbocycles. The van der Waals surface area contributed by atoms with Crippen LogP contribution in [-0.4, -0.2) is 0 Å². The maximum absolute atomic E-state index is 15.5. The number of halogens is 1. The Morgan fingerprint density at radius 2 is 1.24 bits per heavy atom. The zero-order valence-corrected chi connectivity index (χ0v) is 24.0. The van der Waals surface area contributed by atoms with E-state index in [2.05, 4.69) is 113 Å². The van der Waals surface area contributed by atoms with E-state index in [0.29, 0.717) is 11.5 Å². The summed E-state index contributed by atoms with van der Waals surface area (Å²) in [6.07, 6.45) is 2.18. The number of hydrogen-bond donors (Lipinski definition) is 0. The third-order valence-corrected chi connectivity index (χ3v) is 7.11. The Bertz CT molecular complexity index is 1110. The van der Waals surface area contributed by atoms with Crippen molar-refractivity contribution in [2.75, 3.05) is 0 Å². The van der Waals surface area contributed by atoms with Gasteiger partial charge in [-0.25, -0.2) is 0 Å². The minimum Gasteiger partial charge on any atom is -0.414 e. The van der Waals surface area contributed by atoms with E-state index < -0.39 is 8.69 Å². The molecule has 0 N–H and O–H groups in total. The highest BCUT2D eigenvalue weighted by Crippen LogP contribution is 2.55. The summed E-state index contributed by atoms with van der Waals surface area (Å²) in [5.41, 5.74) is 7.18. The fourth-order valence-electron chi connectivity index (χ4n) is 4.47. The van der Waals surface area contributed by atoms with Gasteiger partial charge in [0.15, 0.2) is 0 Å². The number of benzene rings is 2. The van der Waals surface area contributed by atoms with E-state index in [0.717, 1.165) is 27.8 Å². The van der Waals surface area contributed by atoms with Gasteiger partial charge in [0.25, 0.3) is 0 Å². The summed E-state index contributed by atoms with van der Waals surface area (Å²) in [5.74, 6) is 1.24. The van der Waals surface area contributed by atoms with Crippen molar-refractivity contribution in [3.63, 3.8) is 0 Å². The van der Waals surface area contributed by atoms with Gasteiger partial charge in [-0.3, -0.25) is 0 Å². The molecule has 0 saturated heterocycles. The van der Waals surface area contributed by atoms with Crippen LogP contribution in [0.5, 0.6) is 11.5 Å². The van der Waals surface area contributed by atoms with Crippen LogP contribution in [0.25, 0.3) is 6.08 Å². The topological polar surface area (TPSA) is 18.5 Å². The van der Waals surface area contributed by atoms with Crippen LogP contribution >= 0.6 is 8.69 Å². The molecule has 2 nitrogen and oxygen atoms in total. The monoisotopic (exact) mass is 484 g/mol. The molecule has 1 aliphatic rings. The second-order valence-corrected chi connectivity index (χ2v) is 13.8. The molecular weight excluding hydrogens is 442 g/mol.